The van der Waals surface area contributed by atoms with Crippen LogP contribution in [0, 0.1) is 0 Å². The van der Waals surface area contributed by atoms with Gasteiger partial charge in [0.1, 0.15) is 0 Å². The summed E-state index contributed by atoms with van der Waals surface area (Å²) < 4.78 is 0. The number of aliphatic hydroxyl groups excluding tert-OH is 1. The molecular weight excluding hydrogens is 272 g/mol. The SMILES string of the molecule is CCNC(CCN(C)C(C)(C)CO)c1cccc(Cl)c1. The normalized spacial score (nSPS) is 13.8. The van der Waals surface area contributed by atoms with Crippen molar-refractivity contribution >= 4 is 11.6 Å². The van der Waals surface area contributed by atoms with E-state index in [9.17, 15) is 5.11 Å². The molecule has 114 valence electrons. The molecule has 0 aliphatic carbocycles. The van der Waals surface area contributed by atoms with E-state index in [1.165, 1.54) is 5.56 Å². The van der Waals surface area contributed by atoms with Crippen LogP contribution in [0.15, 0.2) is 24.3 Å². The number of halogens is 1. The third-order valence-corrected chi connectivity index (χ3v) is 4.11. The summed E-state index contributed by atoms with van der Waals surface area (Å²) in [5, 5.41) is 13.7. The summed E-state index contributed by atoms with van der Waals surface area (Å²) in [6, 6.07) is 8.30. The Labute approximate surface area is 127 Å². The van der Waals surface area contributed by atoms with E-state index < -0.39 is 0 Å². The van der Waals surface area contributed by atoms with Crippen molar-refractivity contribution in [2.75, 3.05) is 26.7 Å². The summed E-state index contributed by atoms with van der Waals surface area (Å²) in [5.41, 5.74) is 1.03. The number of nitrogens with one attached hydrogen (secondary N) is 1. The Morgan fingerprint density at radius 1 is 1.40 bits per heavy atom. The molecule has 20 heavy (non-hydrogen) atoms. The van der Waals surface area contributed by atoms with Crippen LogP contribution in [0.3, 0.4) is 0 Å². The number of hydrogen-bond donors (Lipinski definition) is 2. The fourth-order valence-electron chi connectivity index (χ4n) is 2.10. The van der Waals surface area contributed by atoms with Crippen LogP contribution < -0.4 is 5.32 Å². The monoisotopic (exact) mass is 298 g/mol. The van der Waals surface area contributed by atoms with Crippen molar-refractivity contribution in [1.82, 2.24) is 10.2 Å². The van der Waals surface area contributed by atoms with Gasteiger partial charge in [0.15, 0.2) is 0 Å². The van der Waals surface area contributed by atoms with Crippen molar-refractivity contribution in [3.8, 4) is 0 Å². The maximum Gasteiger partial charge on any atom is 0.0609 e. The highest BCUT2D eigenvalue weighted by molar-refractivity contribution is 6.30. The second-order valence-electron chi connectivity index (χ2n) is 5.85. The first-order chi connectivity index (χ1) is 9.40. The third-order valence-electron chi connectivity index (χ3n) is 3.88. The lowest BCUT2D eigenvalue weighted by molar-refractivity contribution is 0.0758. The molecule has 0 radical (unpaired) electrons. The topological polar surface area (TPSA) is 35.5 Å². The first-order valence-electron chi connectivity index (χ1n) is 7.21. The quantitative estimate of drug-likeness (QED) is 0.774. The standard InChI is InChI=1S/C16H27ClN2O/c1-5-18-15(13-7-6-8-14(17)11-13)9-10-19(4)16(2,3)12-20/h6-8,11,15,18,20H,5,9-10,12H2,1-4H3. The van der Waals surface area contributed by atoms with Gasteiger partial charge in [-0.2, -0.15) is 0 Å². The predicted octanol–water partition coefficient (Wildman–Crippen LogP) is 3.08. The summed E-state index contributed by atoms with van der Waals surface area (Å²) in [4.78, 5) is 2.20. The van der Waals surface area contributed by atoms with Gasteiger partial charge in [0.2, 0.25) is 0 Å². The molecule has 0 spiro atoms. The minimum Gasteiger partial charge on any atom is -0.394 e. The molecule has 1 atom stereocenters. The molecule has 0 saturated heterocycles. The van der Waals surface area contributed by atoms with Crippen molar-refractivity contribution in [1.29, 1.82) is 0 Å². The van der Waals surface area contributed by atoms with Gasteiger partial charge in [-0.1, -0.05) is 30.7 Å². The van der Waals surface area contributed by atoms with Gasteiger partial charge < -0.3 is 10.4 Å². The number of benzene rings is 1. The molecule has 1 unspecified atom stereocenters. The second-order valence-corrected chi connectivity index (χ2v) is 6.28. The summed E-state index contributed by atoms with van der Waals surface area (Å²) >= 11 is 6.08. The fraction of sp³-hybridized carbons (Fsp3) is 0.625. The van der Waals surface area contributed by atoms with Gasteiger partial charge in [0.05, 0.1) is 6.61 Å². The Balaban J connectivity index is 2.69. The summed E-state index contributed by atoms with van der Waals surface area (Å²) in [6.07, 6.45) is 0.980. The third kappa shape index (κ3) is 5.06. The largest absolute Gasteiger partial charge is 0.394 e. The molecule has 0 bridgehead atoms. The van der Waals surface area contributed by atoms with Gasteiger partial charge in [-0.3, -0.25) is 4.90 Å². The van der Waals surface area contributed by atoms with Crippen molar-refractivity contribution in [2.24, 2.45) is 0 Å². The fourth-order valence-corrected chi connectivity index (χ4v) is 2.30. The van der Waals surface area contributed by atoms with Gasteiger partial charge in [-0.15, -0.1) is 0 Å². The highest BCUT2D eigenvalue weighted by Crippen LogP contribution is 2.22. The second kappa shape index (κ2) is 7.99. The molecule has 0 aliphatic heterocycles. The highest BCUT2D eigenvalue weighted by atomic mass is 35.5. The van der Waals surface area contributed by atoms with Gasteiger partial charge in [0, 0.05) is 23.1 Å². The van der Waals surface area contributed by atoms with Crippen LogP contribution in [0.2, 0.25) is 5.02 Å². The molecule has 0 heterocycles. The lowest BCUT2D eigenvalue weighted by atomic mass is 10.0. The van der Waals surface area contributed by atoms with Crippen LogP contribution in [0.1, 0.15) is 38.8 Å². The van der Waals surface area contributed by atoms with E-state index >= 15 is 0 Å². The Morgan fingerprint density at radius 3 is 2.65 bits per heavy atom. The Hall–Kier alpha value is -0.610. The van der Waals surface area contributed by atoms with Crippen LogP contribution in [0.25, 0.3) is 0 Å². The summed E-state index contributed by atoms with van der Waals surface area (Å²) in [5.74, 6) is 0. The van der Waals surface area contributed by atoms with Crippen LogP contribution in [0.4, 0.5) is 0 Å². The van der Waals surface area contributed by atoms with E-state index in [2.05, 4.69) is 44.1 Å². The molecule has 0 aromatic heterocycles. The molecule has 1 aromatic rings. The van der Waals surface area contributed by atoms with E-state index in [4.69, 9.17) is 11.6 Å². The number of nitrogens with zero attached hydrogens (tertiary/aromatic N) is 1. The lowest BCUT2D eigenvalue weighted by Crippen LogP contribution is -2.45. The zero-order chi connectivity index (χ0) is 15.2. The zero-order valence-electron chi connectivity index (χ0n) is 13.0. The minimum absolute atomic E-state index is 0.159. The molecule has 0 fully saturated rings. The van der Waals surface area contributed by atoms with Crippen LogP contribution >= 0.6 is 11.6 Å². The zero-order valence-corrected chi connectivity index (χ0v) is 13.7. The molecule has 4 heteroatoms. The van der Waals surface area contributed by atoms with Crippen LogP contribution in [-0.2, 0) is 0 Å². The van der Waals surface area contributed by atoms with E-state index in [1.54, 1.807) is 0 Å². The summed E-state index contributed by atoms with van der Waals surface area (Å²) in [6.45, 7) is 8.21. The van der Waals surface area contributed by atoms with Gasteiger partial charge in [-0.05, 0) is 51.6 Å². The maximum absolute atomic E-state index is 9.41. The molecule has 3 nitrogen and oxygen atoms in total. The van der Waals surface area contributed by atoms with Crippen molar-refractivity contribution in [3.63, 3.8) is 0 Å². The smallest absolute Gasteiger partial charge is 0.0609 e. The van der Waals surface area contributed by atoms with E-state index in [0.29, 0.717) is 0 Å². The Kier molecular flexibility index (Phi) is 6.96. The Morgan fingerprint density at radius 2 is 2.10 bits per heavy atom. The molecular formula is C16H27ClN2O. The van der Waals surface area contributed by atoms with Crippen molar-refractivity contribution < 1.29 is 5.11 Å². The average Bonchev–Trinajstić information content (AvgIpc) is 2.43. The minimum atomic E-state index is -0.189. The summed E-state index contributed by atoms with van der Waals surface area (Å²) in [7, 11) is 2.05. The number of aliphatic hydroxyl groups is 1. The molecule has 0 aliphatic rings. The molecule has 2 N–H and O–H groups in total. The lowest BCUT2D eigenvalue weighted by Gasteiger charge is -2.35. The van der Waals surface area contributed by atoms with E-state index in [0.717, 1.165) is 24.5 Å². The first kappa shape index (κ1) is 17.4. The first-order valence-corrected chi connectivity index (χ1v) is 7.59. The molecule has 1 aromatic carbocycles. The predicted molar refractivity (Wildman–Crippen MR) is 86.3 cm³/mol. The number of rotatable bonds is 8. The van der Waals surface area contributed by atoms with Crippen LogP contribution in [0.5, 0.6) is 0 Å². The maximum atomic E-state index is 9.41. The highest BCUT2D eigenvalue weighted by Gasteiger charge is 2.23. The van der Waals surface area contributed by atoms with Crippen LogP contribution in [-0.4, -0.2) is 42.3 Å². The average molecular weight is 299 g/mol. The number of hydrogen-bond acceptors (Lipinski definition) is 3. The number of likely N-dealkylation sites (N-methyl/N-ethyl adjacent to an activating group) is 1. The molecule has 1 rings (SSSR count). The molecule has 0 saturated carbocycles. The van der Waals surface area contributed by atoms with E-state index in [-0.39, 0.29) is 18.2 Å². The van der Waals surface area contributed by atoms with Crippen molar-refractivity contribution in [3.05, 3.63) is 34.9 Å². The van der Waals surface area contributed by atoms with Gasteiger partial charge in [0.25, 0.3) is 0 Å². The van der Waals surface area contributed by atoms with Gasteiger partial charge >= 0.3 is 0 Å². The van der Waals surface area contributed by atoms with E-state index in [1.807, 2.05) is 18.2 Å². The van der Waals surface area contributed by atoms with Gasteiger partial charge in [-0.25, -0.2) is 0 Å². The van der Waals surface area contributed by atoms with Crippen molar-refractivity contribution in [2.45, 2.75) is 38.8 Å². The Bertz CT molecular complexity index is 409. The molecule has 0 amide bonds.